The van der Waals surface area contributed by atoms with Crippen LogP contribution in [0.25, 0.3) is 6.08 Å². The van der Waals surface area contributed by atoms with Crippen LogP contribution in [0, 0.1) is 0 Å². The number of amides is 1. The van der Waals surface area contributed by atoms with Crippen LogP contribution in [0.3, 0.4) is 0 Å². The van der Waals surface area contributed by atoms with Crippen molar-refractivity contribution >= 4 is 23.6 Å². The van der Waals surface area contributed by atoms with Crippen LogP contribution in [0.2, 0.25) is 0 Å². The maximum atomic E-state index is 12.3. The van der Waals surface area contributed by atoms with E-state index in [1.165, 1.54) is 6.08 Å². The first-order valence-electron chi connectivity index (χ1n) is 10.6. The normalized spacial score (nSPS) is 10.8. The molecule has 170 valence electrons. The van der Waals surface area contributed by atoms with Crippen LogP contribution >= 0.6 is 0 Å². The zero-order valence-corrected chi connectivity index (χ0v) is 18.9. The maximum absolute atomic E-state index is 12.3. The number of methoxy groups -OCH3 is 1. The van der Waals surface area contributed by atoms with Crippen molar-refractivity contribution in [2.24, 2.45) is 0 Å². The number of nitrogens with one attached hydrogen (secondary N) is 1. The first-order valence-corrected chi connectivity index (χ1v) is 10.6. The Labute approximate surface area is 193 Å². The van der Waals surface area contributed by atoms with Gasteiger partial charge in [-0.2, -0.15) is 0 Å². The molecule has 0 saturated carbocycles. The smallest absolute Gasteiger partial charge is 0.338 e. The second-order valence-electron chi connectivity index (χ2n) is 7.54. The Bertz CT molecular complexity index is 1110. The van der Waals surface area contributed by atoms with E-state index in [-0.39, 0.29) is 12.0 Å². The summed E-state index contributed by atoms with van der Waals surface area (Å²) in [6.07, 6.45) is 2.93. The molecule has 1 N–H and O–H groups in total. The van der Waals surface area contributed by atoms with Gasteiger partial charge in [0.05, 0.1) is 18.8 Å². The lowest BCUT2D eigenvalue weighted by molar-refractivity contribution is -0.111. The quantitative estimate of drug-likeness (QED) is 0.348. The fourth-order valence-corrected chi connectivity index (χ4v) is 2.97. The van der Waals surface area contributed by atoms with Gasteiger partial charge in [0, 0.05) is 11.8 Å². The van der Waals surface area contributed by atoms with Crippen LogP contribution in [0.5, 0.6) is 11.5 Å². The predicted molar refractivity (Wildman–Crippen MR) is 128 cm³/mol. The number of benzene rings is 3. The Balaban J connectivity index is 1.58. The van der Waals surface area contributed by atoms with E-state index in [0.717, 1.165) is 11.1 Å². The second-order valence-corrected chi connectivity index (χ2v) is 7.54. The van der Waals surface area contributed by atoms with Crippen molar-refractivity contribution in [2.75, 3.05) is 12.4 Å². The lowest BCUT2D eigenvalue weighted by Gasteiger charge is -2.11. The molecule has 0 fully saturated rings. The fraction of sp³-hybridized carbons (Fsp3) is 0.185. The standard InChI is InChI=1S/C27H27NO5/c1-19(2)33-27(30)22-11-13-23(14-12-22)28-26(29)16-10-20-9-15-24(25(17-20)31-3)32-18-21-7-5-4-6-8-21/h4-17,19H,18H2,1-3H3,(H,28,29)/b16-10+. The summed E-state index contributed by atoms with van der Waals surface area (Å²) in [7, 11) is 1.57. The number of hydrogen-bond acceptors (Lipinski definition) is 5. The SMILES string of the molecule is COc1cc(/C=C/C(=O)Nc2ccc(C(=O)OC(C)C)cc2)ccc1OCc1ccccc1. The largest absolute Gasteiger partial charge is 0.493 e. The van der Waals surface area contributed by atoms with Gasteiger partial charge in [-0.25, -0.2) is 4.79 Å². The molecular weight excluding hydrogens is 418 g/mol. The van der Waals surface area contributed by atoms with Crippen molar-refractivity contribution < 1.29 is 23.8 Å². The molecule has 0 heterocycles. The van der Waals surface area contributed by atoms with Crippen LogP contribution in [0.4, 0.5) is 5.69 Å². The molecule has 0 aromatic heterocycles. The summed E-state index contributed by atoms with van der Waals surface area (Å²) in [5, 5.41) is 2.76. The molecule has 6 nitrogen and oxygen atoms in total. The Hall–Kier alpha value is -4.06. The zero-order chi connectivity index (χ0) is 23.6. The summed E-state index contributed by atoms with van der Waals surface area (Å²) in [5.74, 6) is 0.514. The average Bonchev–Trinajstić information content (AvgIpc) is 2.82. The Morgan fingerprint density at radius 2 is 1.67 bits per heavy atom. The molecule has 0 atom stereocenters. The summed E-state index contributed by atoms with van der Waals surface area (Å²) < 4.78 is 16.4. The highest BCUT2D eigenvalue weighted by Crippen LogP contribution is 2.29. The maximum Gasteiger partial charge on any atom is 0.338 e. The van der Waals surface area contributed by atoms with E-state index in [1.54, 1.807) is 57.4 Å². The summed E-state index contributed by atoms with van der Waals surface area (Å²) in [5.41, 5.74) is 2.86. The van der Waals surface area contributed by atoms with Gasteiger partial charge >= 0.3 is 5.97 Å². The highest BCUT2D eigenvalue weighted by Gasteiger charge is 2.09. The van der Waals surface area contributed by atoms with E-state index < -0.39 is 5.97 Å². The molecule has 33 heavy (non-hydrogen) atoms. The molecule has 0 bridgehead atoms. The molecule has 1 amide bonds. The van der Waals surface area contributed by atoms with Crippen molar-refractivity contribution in [3.05, 3.63) is 95.6 Å². The van der Waals surface area contributed by atoms with E-state index in [0.29, 0.717) is 29.4 Å². The minimum Gasteiger partial charge on any atom is -0.493 e. The minimum atomic E-state index is -0.395. The third-order valence-corrected chi connectivity index (χ3v) is 4.58. The summed E-state index contributed by atoms with van der Waals surface area (Å²) in [4.78, 5) is 24.2. The van der Waals surface area contributed by atoms with Gasteiger partial charge in [0.25, 0.3) is 0 Å². The van der Waals surface area contributed by atoms with Crippen LogP contribution in [-0.2, 0) is 16.1 Å². The lowest BCUT2D eigenvalue weighted by Crippen LogP contribution is -2.12. The fourth-order valence-electron chi connectivity index (χ4n) is 2.97. The van der Waals surface area contributed by atoms with Crippen molar-refractivity contribution in [2.45, 2.75) is 26.6 Å². The van der Waals surface area contributed by atoms with Crippen LogP contribution in [0.1, 0.15) is 35.3 Å². The highest BCUT2D eigenvalue weighted by molar-refractivity contribution is 6.02. The molecule has 0 spiro atoms. The Morgan fingerprint density at radius 1 is 0.939 bits per heavy atom. The Kier molecular flexibility index (Phi) is 8.24. The van der Waals surface area contributed by atoms with Crippen LogP contribution < -0.4 is 14.8 Å². The summed E-state index contributed by atoms with van der Waals surface area (Å²) >= 11 is 0. The average molecular weight is 446 g/mol. The predicted octanol–water partition coefficient (Wildman–Crippen LogP) is 5.49. The molecule has 0 aliphatic heterocycles. The van der Waals surface area contributed by atoms with Gasteiger partial charge in [0.2, 0.25) is 5.91 Å². The third kappa shape index (κ3) is 7.25. The molecule has 3 aromatic rings. The van der Waals surface area contributed by atoms with E-state index in [9.17, 15) is 9.59 Å². The molecule has 0 unspecified atom stereocenters. The van der Waals surface area contributed by atoms with Gasteiger partial charge in [0.15, 0.2) is 11.5 Å². The Morgan fingerprint density at radius 3 is 2.33 bits per heavy atom. The number of esters is 1. The number of anilines is 1. The highest BCUT2D eigenvalue weighted by atomic mass is 16.5. The first kappa shape index (κ1) is 23.6. The zero-order valence-electron chi connectivity index (χ0n) is 18.9. The molecule has 3 aromatic carbocycles. The molecular formula is C27H27NO5. The van der Waals surface area contributed by atoms with Gasteiger partial charge < -0.3 is 19.5 Å². The van der Waals surface area contributed by atoms with Gasteiger partial charge in [-0.05, 0) is 67.4 Å². The number of carbonyl (C=O) groups excluding carboxylic acids is 2. The lowest BCUT2D eigenvalue weighted by atomic mass is 10.1. The van der Waals surface area contributed by atoms with E-state index in [1.807, 2.05) is 42.5 Å². The third-order valence-electron chi connectivity index (χ3n) is 4.58. The minimum absolute atomic E-state index is 0.190. The summed E-state index contributed by atoms with van der Waals surface area (Å²) in [6, 6.07) is 21.9. The molecule has 0 aliphatic carbocycles. The topological polar surface area (TPSA) is 73.9 Å². The number of ether oxygens (including phenoxy) is 3. The van der Waals surface area contributed by atoms with Gasteiger partial charge in [-0.15, -0.1) is 0 Å². The monoisotopic (exact) mass is 445 g/mol. The molecule has 0 aliphatic rings. The van der Waals surface area contributed by atoms with Gasteiger partial charge in [-0.3, -0.25) is 4.79 Å². The first-order chi connectivity index (χ1) is 15.9. The van der Waals surface area contributed by atoms with Gasteiger partial charge in [-0.1, -0.05) is 36.4 Å². The molecule has 3 rings (SSSR count). The summed E-state index contributed by atoms with van der Waals surface area (Å²) in [6.45, 7) is 4.02. The molecule has 0 saturated heterocycles. The van der Waals surface area contributed by atoms with E-state index in [4.69, 9.17) is 14.2 Å². The molecule has 0 radical (unpaired) electrons. The number of rotatable bonds is 9. The van der Waals surface area contributed by atoms with Gasteiger partial charge in [0.1, 0.15) is 6.61 Å². The second kappa shape index (κ2) is 11.5. The van der Waals surface area contributed by atoms with Crippen LogP contribution in [-0.4, -0.2) is 25.1 Å². The number of carbonyl (C=O) groups is 2. The van der Waals surface area contributed by atoms with Crippen molar-refractivity contribution in [3.8, 4) is 11.5 Å². The van der Waals surface area contributed by atoms with Crippen molar-refractivity contribution in [3.63, 3.8) is 0 Å². The molecule has 6 heteroatoms. The van der Waals surface area contributed by atoms with Crippen molar-refractivity contribution in [1.82, 2.24) is 0 Å². The number of hydrogen-bond donors (Lipinski definition) is 1. The van der Waals surface area contributed by atoms with Crippen LogP contribution in [0.15, 0.2) is 78.9 Å². The van der Waals surface area contributed by atoms with E-state index >= 15 is 0 Å². The van der Waals surface area contributed by atoms with Crippen molar-refractivity contribution in [1.29, 1.82) is 0 Å². The van der Waals surface area contributed by atoms with E-state index in [2.05, 4.69) is 5.32 Å².